The predicted octanol–water partition coefficient (Wildman–Crippen LogP) is 7.90. The Balaban J connectivity index is 1.25. The monoisotopic (exact) mass is 439 g/mol. The van der Waals surface area contributed by atoms with Crippen LogP contribution in [0, 0.1) is 63.1 Å². The lowest BCUT2D eigenvalue weighted by molar-refractivity contribution is -0.152. The smallest absolute Gasteiger partial charge is 0.0689 e. The van der Waals surface area contributed by atoms with Crippen molar-refractivity contribution in [1.29, 1.82) is 5.26 Å². The molecule has 2 nitrogen and oxygen atoms in total. The van der Waals surface area contributed by atoms with E-state index in [1.54, 1.807) is 0 Å². The van der Waals surface area contributed by atoms with E-state index < -0.39 is 0 Å². The van der Waals surface area contributed by atoms with E-state index in [1.165, 1.54) is 57.8 Å². The van der Waals surface area contributed by atoms with E-state index >= 15 is 0 Å². The highest BCUT2D eigenvalue weighted by atomic mass is 16.3. The normalized spacial score (nSPS) is 49.9. The van der Waals surface area contributed by atoms with Gasteiger partial charge in [0, 0.05) is 0 Å². The van der Waals surface area contributed by atoms with Crippen LogP contribution in [0.25, 0.3) is 0 Å². The summed E-state index contributed by atoms with van der Waals surface area (Å²) in [6.45, 7) is 10.0. The van der Waals surface area contributed by atoms with Crippen molar-refractivity contribution in [2.24, 2.45) is 51.8 Å². The Hall–Kier alpha value is -0.550. The van der Waals surface area contributed by atoms with Crippen molar-refractivity contribution in [3.63, 3.8) is 0 Å². The van der Waals surface area contributed by atoms with Crippen LogP contribution in [0.15, 0.2) is 0 Å². The molecule has 5 aliphatic rings. The van der Waals surface area contributed by atoms with Gasteiger partial charge in [0.15, 0.2) is 0 Å². The topological polar surface area (TPSA) is 44.0 Å². The standard InChI is InChI=1S/C30H49NO/c1-5-30(32)18-15-27(3)22(19-30)8-9-23-25-11-10-24(28(25,4)14-12-26(23)27)21(2)7-6-13-29(20-31)16-17-29/h21-26,32H,5-19H2,1-4H3/t21-,22+,23+,24-,25+,26+,27+,28-,30+/m1/s1. The number of fused-ring (bicyclic) bond motifs is 5. The number of nitrogens with zero attached hydrogens (tertiary/aromatic N) is 1. The summed E-state index contributed by atoms with van der Waals surface area (Å²) >= 11 is 0. The molecule has 0 spiro atoms. The number of hydrogen-bond donors (Lipinski definition) is 1. The Morgan fingerprint density at radius 1 is 0.938 bits per heavy atom. The number of nitriles is 1. The maximum absolute atomic E-state index is 11.0. The van der Waals surface area contributed by atoms with Crippen molar-refractivity contribution in [1.82, 2.24) is 0 Å². The first-order valence-corrected chi connectivity index (χ1v) is 14.3. The van der Waals surface area contributed by atoms with Gasteiger partial charge in [-0.25, -0.2) is 0 Å². The molecule has 0 heterocycles. The van der Waals surface area contributed by atoms with Crippen LogP contribution < -0.4 is 0 Å². The third-order valence-electron chi connectivity index (χ3n) is 12.6. The molecule has 5 fully saturated rings. The molecule has 5 aliphatic carbocycles. The Morgan fingerprint density at radius 2 is 1.69 bits per heavy atom. The minimum absolute atomic E-state index is 0.0813. The summed E-state index contributed by atoms with van der Waals surface area (Å²) in [4.78, 5) is 0. The minimum Gasteiger partial charge on any atom is -0.390 e. The van der Waals surface area contributed by atoms with Gasteiger partial charge in [0.2, 0.25) is 0 Å². The molecule has 5 saturated carbocycles. The van der Waals surface area contributed by atoms with Crippen LogP contribution in [-0.4, -0.2) is 10.7 Å². The Bertz CT molecular complexity index is 750. The molecule has 5 rings (SSSR count). The van der Waals surface area contributed by atoms with Gasteiger partial charge in [-0.1, -0.05) is 40.5 Å². The molecule has 0 aliphatic heterocycles. The van der Waals surface area contributed by atoms with E-state index in [-0.39, 0.29) is 11.0 Å². The third kappa shape index (κ3) is 3.59. The average molecular weight is 440 g/mol. The van der Waals surface area contributed by atoms with Crippen molar-refractivity contribution in [3.05, 3.63) is 0 Å². The molecular formula is C30H49NO. The Morgan fingerprint density at radius 3 is 2.38 bits per heavy atom. The maximum Gasteiger partial charge on any atom is 0.0689 e. The third-order valence-corrected chi connectivity index (χ3v) is 12.6. The van der Waals surface area contributed by atoms with E-state index in [4.69, 9.17) is 0 Å². The molecule has 9 atom stereocenters. The van der Waals surface area contributed by atoms with E-state index in [1.807, 2.05) is 0 Å². The summed E-state index contributed by atoms with van der Waals surface area (Å²) in [6, 6.07) is 2.60. The minimum atomic E-state index is -0.376. The first kappa shape index (κ1) is 23.2. The lowest BCUT2D eigenvalue weighted by Crippen LogP contribution is -2.56. The quantitative estimate of drug-likeness (QED) is 0.457. The molecule has 0 unspecified atom stereocenters. The SMILES string of the molecule is CC[C@]1(O)CC[C@@]2(C)[C@@H](CC[C@@H]3[C@@H]2CC[C@]2(C)[C@@H]([C@H](C)CCCC4(C#N)CC4)CC[C@@H]32)C1. The van der Waals surface area contributed by atoms with Gasteiger partial charge in [0.05, 0.1) is 17.1 Å². The van der Waals surface area contributed by atoms with Gasteiger partial charge in [-0.3, -0.25) is 0 Å². The van der Waals surface area contributed by atoms with Crippen LogP contribution in [0.1, 0.15) is 124 Å². The van der Waals surface area contributed by atoms with Crippen LogP contribution in [0.4, 0.5) is 0 Å². The zero-order valence-electron chi connectivity index (χ0n) is 21.5. The highest BCUT2D eigenvalue weighted by Gasteiger charge is 2.61. The second-order valence-electron chi connectivity index (χ2n) is 13.9. The fourth-order valence-electron chi connectivity index (χ4n) is 10.2. The zero-order valence-corrected chi connectivity index (χ0v) is 21.5. The molecule has 32 heavy (non-hydrogen) atoms. The van der Waals surface area contributed by atoms with Gasteiger partial charge in [0.25, 0.3) is 0 Å². The summed E-state index contributed by atoms with van der Waals surface area (Å²) in [5.41, 5.74) is 0.733. The number of rotatable bonds is 6. The second kappa shape index (κ2) is 8.00. The largest absolute Gasteiger partial charge is 0.390 e. The van der Waals surface area contributed by atoms with Gasteiger partial charge in [-0.05, 0) is 130 Å². The summed E-state index contributed by atoms with van der Waals surface area (Å²) in [7, 11) is 0. The van der Waals surface area contributed by atoms with Crippen molar-refractivity contribution in [3.8, 4) is 6.07 Å². The van der Waals surface area contributed by atoms with Crippen LogP contribution in [-0.2, 0) is 0 Å². The second-order valence-corrected chi connectivity index (χ2v) is 13.9. The van der Waals surface area contributed by atoms with Gasteiger partial charge in [0.1, 0.15) is 0 Å². The highest BCUT2D eigenvalue weighted by Crippen LogP contribution is 2.69. The molecular weight excluding hydrogens is 390 g/mol. The summed E-state index contributed by atoms with van der Waals surface area (Å²) in [5, 5.41) is 20.5. The number of aliphatic hydroxyl groups is 1. The lowest BCUT2D eigenvalue weighted by Gasteiger charge is -2.62. The van der Waals surface area contributed by atoms with Gasteiger partial charge in [-0.15, -0.1) is 0 Å². The van der Waals surface area contributed by atoms with E-state index in [9.17, 15) is 10.4 Å². The molecule has 0 aromatic heterocycles. The van der Waals surface area contributed by atoms with E-state index in [0.717, 1.165) is 74.0 Å². The van der Waals surface area contributed by atoms with Gasteiger partial charge >= 0.3 is 0 Å². The van der Waals surface area contributed by atoms with Crippen molar-refractivity contribution < 1.29 is 5.11 Å². The Kier molecular flexibility index (Phi) is 5.80. The van der Waals surface area contributed by atoms with E-state index in [0.29, 0.717) is 10.8 Å². The Labute approximate surface area is 197 Å². The van der Waals surface area contributed by atoms with Gasteiger partial charge < -0.3 is 5.11 Å². The molecule has 0 bridgehead atoms. The maximum atomic E-state index is 11.0. The molecule has 0 radical (unpaired) electrons. The summed E-state index contributed by atoms with van der Waals surface area (Å²) in [6.07, 6.45) is 18.9. The molecule has 1 N–H and O–H groups in total. The van der Waals surface area contributed by atoms with Crippen molar-refractivity contribution in [2.45, 2.75) is 130 Å². The first-order valence-electron chi connectivity index (χ1n) is 14.3. The zero-order chi connectivity index (χ0) is 22.8. The van der Waals surface area contributed by atoms with Gasteiger partial charge in [-0.2, -0.15) is 5.26 Å². The average Bonchev–Trinajstić information content (AvgIpc) is 3.47. The highest BCUT2D eigenvalue weighted by molar-refractivity contribution is 5.11. The van der Waals surface area contributed by atoms with Crippen LogP contribution >= 0.6 is 0 Å². The first-order chi connectivity index (χ1) is 15.2. The van der Waals surface area contributed by atoms with E-state index in [2.05, 4.69) is 33.8 Å². The van der Waals surface area contributed by atoms with Crippen LogP contribution in [0.5, 0.6) is 0 Å². The van der Waals surface area contributed by atoms with Crippen molar-refractivity contribution >= 4 is 0 Å². The fourth-order valence-corrected chi connectivity index (χ4v) is 10.2. The van der Waals surface area contributed by atoms with Crippen LogP contribution in [0.3, 0.4) is 0 Å². The lowest BCUT2D eigenvalue weighted by atomic mass is 9.43. The molecule has 0 aromatic carbocycles. The molecule has 0 aromatic rings. The number of hydrogen-bond acceptors (Lipinski definition) is 2. The molecule has 180 valence electrons. The van der Waals surface area contributed by atoms with Crippen LogP contribution in [0.2, 0.25) is 0 Å². The fraction of sp³-hybridized carbons (Fsp3) is 0.967. The van der Waals surface area contributed by atoms with Crippen molar-refractivity contribution in [2.75, 3.05) is 0 Å². The molecule has 0 amide bonds. The summed E-state index contributed by atoms with van der Waals surface area (Å²) < 4.78 is 0. The molecule has 0 saturated heterocycles. The molecule has 2 heteroatoms. The predicted molar refractivity (Wildman–Crippen MR) is 131 cm³/mol. The summed E-state index contributed by atoms with van der Waals surface area (Å²) in [5.74, 6) is 5.24.